The molecule has 0 radical (unpaired) electrons. The van der Waals surface area contributed by atoms with Crippen LogP contribution in [0.4, 0.5) is 10.6 Å². The van der Waals surface area contributed by atoms with Gasteiger partial charge < -0.3 is 9.88 Å². The highest BCUT2D eigenvalue weighted by atomic mass is 35.5. The first-order valence-corrected chi connectivity index (χ1v) is 9.97. The summed E-state index contributed by atoms with van der Waals surface area (Å²) in [7, 11) is 0. The number of carbonyl (C=O) groups excluding carboxylic acids is 1. The number of pyridine rings is 2. The van der Waals surface area contributed by atoms with Crippen LogP contribution in [0, 0.1) is 5.41 Å². The highest BCUT2D eigenvalue weighted by Gasteiger charge is 2.09. The standard InChI is InChI=1S/C23H24ClN5O/c1-4-26-23(30)28-21-9-8-16(13-27-21)10-17-11-20(18-6-5-7-19(24)12-18)22(25)29(14-17)15(2)3/h5-9,11-14,25H,2,4,10H2,1,3H3,(H2,26,27,28,30). The number of halogens is 1. The molecule has 0 fully saturated rings. The molecule has 0 aliphatic heterocycles. The van der Waals surface area contributed by atoms with Crippen molar-refractivity contribution in [2.24, 2.45) is 0 Å². The van der Waals surface area contributed by atoms with Crippen LogP contribution in [0.15, 0.2) is 61.4 Å². The number of benzene rings is 1. The first kappa shape index (κ1) is 21.3. The SMILES string of the molecule is C=C(C)n1cc(Cc2ccc(NC(=O)NCC)nc2)cc(-c2cccc(Cl)c2)c1=N. The summed E-state index contributed by atoms with van der Waals surface area (Å²) in [5.74, 6) is 0.489. The Morgan fingerprint density at radius 3 is 2.67 bits per heavy atom. The number of carbonyl (C=O) groups is 1. The van der Waals surface area contributed by atoms with Gasteiger partial charge in [0.2, 0.25) is 0 Å². The van der Waals surface area contributed by atoms with Crippen molar-refractivity contribution in [2.45, 2.75) is 20.3 Å². The summed E-state index contributed by atoms with van der Waals surface area (Å²) in [5.41, 5.74) is 4.76. The molecule has 0 spiro atoms. The van der Waals surface area contributed by atoms with Gasteiger partial charge in [0.25, 0.3) is 0 Å². The first-order chi connectivity index (χ1) is 14.4. The third kappa shape index (κ3) is 5.15. The van der Waals surface area contributed by atoms with Crippen LogP contribution in [0.2, 0.25) is 5.02 Å². The maximum atomic E-state index is 11.6. The molecule has 7 heteroatoms. The first-order valence-electron chi connectivity index (χ1n) is 9.59. The molecule has 6 nitrogen and oxygen atoms in total. The summed E-state index contributed by atoms with van der Waals surface area (Å²) >= 11 is 6.16. The lowest BCUT2D eigenvalue weighted by atomic mass is 10.0. The minimum Gasteiger partial charge on any atom is -0.338 e. The van der Waals surface area contributed by atoms with Gasteiger partial charge in [-0.15, -0.1) is 0 Å². The van der Waals surface area contributed by atoms with Crippen LogP contribution in [0.3, 0.4) is 0 Å². The van der Waals surface area contributed by atoms with Crippen LogP contribution in [0.25, 0.3) is 16.8 Å². The van der Waals surface area contributed by atoms with E-state index < -0.39 is 0 Å². The Morgan fingerprint density at radius 1 is 1.23 bits per heavy atom. The van der Waals surface area contributed by atoms with E-state index in [1.54, 1.807) is 16.8 Å². The molecule has 0 aliphatic carbocycles. The summed E-state index contributed by atoms with van der Waals surface area (Å²) in [4.78, 5) is 15.9. The van der Waals surface area contributed by atoms with Crippen molar-refractivity contribution < 1.29 is 4.79 Å². The van der Waals surface area contributed by atoms with Gasteiger partial charge in [-0.1, -0.05) is 36.4 Å². The number of hydrogen-bond acceptors (Lipinski definition) is 3. The van der Waals surface area contributed by atoms with Gasteiger partial charge in [-0.25, -0.2) is 9.78 Å². The van der Waals surface area contributed by atoms with Crippen LogP contribution >= 0.6 is 11.6 Å². The normalized spacial score (nSPS) is 10.5. The molecule has 3 rings (SSSR count). The Bertz CT molecular complexity index is 1140. The molecule has 0 bridgehead atoms. The highest BCUT2D eigenvalue weighted by molar-refractivity contribution is 6.30. The summed E-state index contributed by atoms with van der Waals surface area (Å²) in [5, 5.41) is 14.6. The van der Waals surface area contributed by atoms with Crippen LogP contribution < -0.4 is 16.1 Å². The second-order valence-electron chi connectivity index (χ2n) is 6.94. The van der Waals surface area contributed by atoms with Crippen molar-refractivity contribution in [3.8, 4) is 11.1 Å². The summed E-state index contributed by atoms with van der Waals surface area (Å²) < 4.78 is 1.77. The zero-order chi connectivity index (χ0) is 21.7. The molecule has 3 N–H and O–H groups in total. The molecule has 154 valence electrons. The third-order valence-corrected chi connectivity index (χ3v) is 4.71. The Morgan fingerprint density at radius 2 is 2.03 bits per heavy atom. The molecule has 0 unspecified atom stereocenters. The Balaban J connectivity index is 1.91. The molecule has 2 amide bonds. The van der Waals surface area contributed by atoms with Gasteiger partial charge in [0.05, 0.1) is 0 Å². The topological polar surface area (TPSA) is 82.8 Å². The van der Waals surface area contributed by atoms with E-state index in [4.69, 9.17) is 17.0 Å². The van der Waals surface area contributed by atoms with Crippen molar-refractivity contribution in [2.75, 3.05) is 11.9 Å². The lowest BCUT2D eigenvalue weighted by molar-refractivity contribution is 0.252. The van der Waals surface area contributed by atoms with Crippen LogP contribution in [-0.4, -0.2) is 22.1 Å². The third-order valence-electron chi connectivity index (χ3n) is 4.48. The van der Waals surface area contributed by atoms with Gasteiger partial charge in [-0.05, 0) is 54.8 Å². The second kappa shape index (κ2) is 9.41. The smallest absolute Gasteiger partial charge is 0.320 e. The van der Waals surface area contributed by atoms with Crippen molar-refractivity contribution in [3.05, 3.63) is 83.1 Å². The molecule has 30 heavy (non-hydrogen) atoms. The molecule has 2 heterocycles. The number of amides is 2. The van der Waals surface area contributed by atoms with E-state index in [1.807, 2.05) is 56.4 Å². The number of allylic oxidation sites excluding steroid dienone is 1. The zero-order valence-electron chi connectivity index (χ0n) is 17.0. The Hall–Kier alpha value is -3.38. The van der Waals surface area contributed by atoms with Crippen molar-refractivity contribution in [3.63, 3.8) is 0 Å². The van der Waals surface area contributed by atoms with E-state index in [0.717, 1.165) is 28.0 Å². The zero-order valence-corrected chi connectivity index (χ0v) is 17.8. The molecular weight excluding hydrogens is 398 g/mol. The van der Waals surface area contributed by atoms with E-state index in [2.05, 4.69) is 22.2 Å². The fourth-order valence-corrected chi connectivity index (χ4v) is 3.28. The molecule has 0 atom stereocenters. The number of urea groups is 1. The summed E-state index contributed by atoms with van der Waals surface area (Å²) in [6.45, 7) is 8.27. The van der Waals surface area contributed by atoms with E-state index >= 15 is 0 Å². The predicted molar refractivity (Wildman–Crippen MR) is 121 cm³/mol. The van der Waals surface area contributed by atoms with E-state index in [-0.39, 0.29) is 6.03 Å². The second-order valence-corrected chi connectivity index (χ2v) is 7.38. The van der Waals surface area contributed by atoms with Gasteiger partial charge in [-0.2, -0.15) is 0 Å². The number of aromatic nitrogens is 2. The average molecular weight is 422 g/mol. The lowest BCUT2D eigenvalue weighted by Gasteiger charge is -2.14. The number of nitrogens with zero attached hydrogens (tertiary/aromatic N) is 2. The van der Waals surface area contributed by atoms with Crippen LogP contribution in [-0.2, 0) is 6.42 Å². The van der Waals surface area contributed by atoms with E-state index in [1.165, 1.54) is 0 Å². The number of anilines is 1. The van der Waals surface area contributed by atoms with Gasteiger partial charge >= 0.3 is 6.03 Å². The van der Waals surface area contributed by atoms with Gasteiger partial charge in [0, 0.05) is 41.6 Å². The fourth-order valence-electron chi connectivity index (χ4n) is 3.08. The Kier molecular flexibility index (Phi) is 6.69. The molecule has 0 saturated carbocycles. The Labute approximate surface area is 180 Å². The van der Waals surface area contributed by atoms with Crippen molar-refractivity contribution in [1.29, 1.82) is 5.41 Å². The average Bonchev–Trinajstić information content (AvgIpc) is 2.70. The molecule has 0 aliphatic rings. The maximum Gasteiger partial charge on any atom is 0.320 e. The minimum atomic E-state index is -0.280. The maximum absolute atomic E-state index is 11.6. The van der Waals surface area contributed by atoms with Crippen molar-refractivity contribution in [1.82, 2.24) is 14.9 Å². The van der Waals surface area contributed by atoms with E-state index in [9.17, 15) is 4.79 Å². The lowest BCUT2D eigenvalue weighted by Crippen LogP contribution is -2.28. The van der Waals surface area contributed by atoms with Gasteiger partial charge in [0.1, 0.15) is 11.3 Å². The highest BCUT2D eigenvalue weighted by Crippen LogP contribution is 2.22. The molecular formula is C23H24ClN5O. The summed E-state index contributed by atoms with van der Waals surface area (Å²) in [6, 6.07) is 12.9. The van der Waals surface area contributed by atoms with Gasteiger partial charge in [0.15, 0.2) is 0 Å². The monoisotopic (exact) mass is 421 g/mol. The van der Waals surface area contributed by atoms with Gasteiger partial charge in [-0.3, -0.25) is 10.7 Å². The largest absolute Gasteiger partial charge is 0.338 e. The fraction of sp³-hybridized carbons (Fsp3) is 0.174. The summed E-state index contributed by atoms with van der Waals surface area (Å²) in [6.07, 6.45) is 4.27. The molecule has 1 aromatic carbocycles. The van der Waals surface area contributed by atoms with Crippen LogP contribution in [0.5, 0.6) is 0 Å². The molecule has 2 aromatic heterocycles. The number of hydrogen-bond donors (Lipinski definition) is 3. The quantitative estimate of drug-likeness (QED) is 0.528. The van der Waals surface area contributed by atoms with Crippen molar-refractivity contribution >= 4 is 29.1 Å². The predicted octanol–water partition coefficient (Wildman–Crippen LogP) is 4.91. The molecule has 3 aromatic rings. The molecule has 0 saturated heterocycles. The minimum absolute atomic E-state index is 0.280. The number of nitrogens with one attached hydrogen (secondary N) is 3. The number of rotatable bonds is 6. The van der Waals surface area contributed by atoms with E-state index in [0.29, 0.717) is 29.3 Å². The van der Waals surface area contributed by atoms with Crippen LogP contribution in [0.1, 0.15) is 25.0 Å².